The summed E-state index contributed by atoms with van der Waals surface area (Å²) in [6, 6.07) is 9.73. The largest absolute Gasteiger partial charge is 0.618 e. The van der Waals surface area contributed by atoms with E-state index in [1.54, 1.807) is 12.3 Å². The Labute approximate surface area is 82.7 Å². The van der Waals surface area contributed by atoms with Crippen molar-refractivity contribution in [3.8, 4) is 0 Å². The monoisotopic (exact) mass is 185 g/mol. The van der Waals surface area contributed by atoms with Crippen molar-refractivity contribution in [3.05, 3.63) is 60.1 Å². The van der Waals surface area contributed by atoms with Gasteiger partial charge in [-0.1, -0.05) is 24.3 Å². The SMILES string of the molecule is C=CCc1cc2ccccc2c[n+]1[O-]. The van der Waals surface area contributed by atoms with Crippen molar-refractivity contribution in [2.24, 2.45) is 0 Å². The summed E-state index contributed by atoms with van der Waals surface area (Å²) in [6.45, 7) is 3.62. The van der Waals surface area contributed by atoms with Gasteiger partial charge in [0.25, 0.3) is 0 Å². The summed E-state index contributed by atoms with van der Waals surface area (Å²) < 4.78 is 0.907. The molecule has 0 unspecified atom stereocenters. The van der Waals surface area contributed by atoms with Crippen LogP contribution in [-0.4, -0.2) is 0 Å². The van der Waals surface area contributed by atoms with Gasteiger partial charge in [-0.3, -0.25) is 0 Å². The Balaban J connectivity index is 2.64. The number of allylic oxidation sites excluding steroid dienone is 1. The van der Waals surface area contributed by atoms with E-state index in [0.29, 0.717) is 6.42 Å². The van der Waals surface area contributed by atoms with E-state index < -0.39 is 0 Å². The van der Waals surface area contributed by atoms with Crippen LogP contribution >= 0.6 is 0 Å². The molecule has 0 fully saturated rings. The Morgan fingerprint density at radius 2 is 2.00 bits per heavy atom. The van der Waals surface area contributed by atoms with Crippen LogP contribution in [0.5, 0.6) is 0 Å². The zero-order valence-electron chi connectivity index (χ0n) is 7.81. The third kappa shape index (κ3) is 1.46. The van der Waals surface area contributed by atoms with Crippen molar-refractivity contribution in [1.29, 1.82) is 0 Å². The number of pyridine rings is 1. The van der Waals surface area contributed by atoms with Crippen LogP contribution in [0.3, 0.4) is 0 Å². The summed E-state index contributed by atoms with van der Waals surface area (Å²) in [7, 11) is 0. The van der Waals surface area contributed by atoms with E-state index in [1.165, 1.54) is 0 Å². The minimum atomic E-state index is 0.605. The molecule has 2 nitrogen and oxygen atoms in total. The predicted molar refractivity (Wildman–Crippen MR) is 56.8 cm³/mol. The van der Waals surface area contributed by atoms with Gasteiger partial charge in [0.2, 0.25) is 0 Å². The minimum Gasteiger partial charge on any atom is -0.618 e. The quantitative estimate of drug-likeness (QED) is 0.400. The number of fused-ring (bicyclic) bond motifs is 1. The predicted octanol–water partition coefficient (Wildman–Crippen LogP) is 2.20. The van der Waals surface area contributed by atoms with Crippen LogP contribution in [0.15, 0.2) is 49.2 Å². The molecule has 0 aliphatic rings. The van der Waals surface area contributed by atoms with Gasteiger partial charge in [0.15, 0.2) is 11.9 Å². The third-order valence-electron chi connectivity index (χ3n) is 2.21. The van der Waals surface area contributed by atoms with Crippen molar-refractivity contribution in [2.45, 2.75) is 6.42 Å². The van der Waals surface area contributed by atoms with Crippen LogP contribution in [0, 0.1) is 5.21 Å². The summed E-state index contributed by atoms with van der Waals surface area (Å²) >= 11 is 0. The fourth-order valence-electron chi connectivity index (χ4n) is 1.51. The van der Waals surface area contributed by atoms with Gasteiger partial charge in [0, 0.05) is 11.5 Å². The van der Waals surface area contributed by atoms with Gasteiger partial charge in [-0.25, -0.2) is 0 Å². The molecule has 0 atom stereocenters. The summed E-state index contributed by atoms with van der Waals surface area (Å²) in [5.74, 6) is 0. The Hall–Kier alpha value is -1.83. The topological polar surface area (TPSA) is 26.9 Å². The van der Waals surface area contributed by atoms with E-state index in [4.69, 9.17) is 0 Å². The van der Waals surface area contributed by atoms with Crippen LogP contribution in [0.2, 0.25) is 0 Å². The molecule has 0 aliphatic carbocycles. The van der Waals surface area contributed by atoms with Crippen LogP contribution in [0.25, 0.3) is 10.8 Å². The van der Waals surface area contributed by atoms with Crippen LogP contribution < -0.4 is 4.73 Å². The zero-order valence-corrected chi connectivity index (χ0v) is 7.81. The lowest BCUT2D eigenvalue weighted by molar-refractivity contribution is -0.611. The lowest BCUT2D eigenvalue weighted by atomic mass is 10.1. The number of hydrogen-bond donors (Lipinski definition) is 0. The number of aromatic nitrogens is 1. The second kappa shape index (κ2) is 3.50. The fourth-order valence-corrected chi connectivity index (χ4v) is 1.51. The molecular formula is C12H11NO. The summed E-state index contributed by atoms with van der Waals surface area (Å²) in [6.07, 6.45) is 3.95. The smallest absolute Gasteiger partial charge is 0.197 e. The van der Waals surface area contributed by atoms with Crippen molar-refractivity contribution in [1.82, 2.24) is 0 Å². The first-order chi connectivity index (χ1) is 6.81. The van der Waals surface area contributed by atoms with Gasteiger partial charge >= 0.3 is 0 Å². The zero-order chi connectivity index (χ0) is 9.97. The maximum absolute atomic E-state index is 11.5. The molecule has 0 amide bonds. The van der Waals surface area contributed by atoms with E-state index in [1.807, 2.05) is 30.3 Å². The molecule has 2 heteroatoms. The first-order valence-corrected chi connectivity index (χ1v) is 4.53. The molecule has 1 aromatic carbocycles. The number of rotatable bonds is 2. The molecule has 0 saturated heterocycles. The molecule has 1 heterocycles. The van der Waals surface area contributed by atoms with Gasteiger partial charge in [0.05, 0.1) is 6.42 Å². The second-order valence-electron chi connectivity index (χ2n) is 3.21. The van der Waals surface area contributed by atoms with E-state index in [9.17, 15) is 5.21 Å². The van der Waals surface area contributed by atoms with Gasteiger partial charge in [-0.15, -0.1) is 6.58 Å². The molecule has 0 saturated carbocycles. The van der Waals surface area contributed by atoms with E-state index in [0.717, 1.165) is 21.2 Å². The first-order valence-electron chi connectivity index (χ1n) is 4.53. The van der Waals surface area contributed by atoms with Gasteiger partial charge in [-0.2, -0.15) is 4.73 Å². The molecule has 0 bridgehead atoms. The fraction of sp³-hybridized carbons (Fsp3) is 0.0833. The van der Waals surface area contributed by atoms with Crippen molar-refractivity contribution in [2.75, 3.05) is 0 Å². The standard InChI is InChI=1S/C12H11NO/c1-2-5-12-8-10-6-3-4-7-11(10)9-13(12)14/h2-4,6-9H,1,5H2. The molecule has 1 aromatic heterocycles. The maximum atomic E-state index is 11.5. The Kier molecular flexibility index (Phi) is 2.19. The Morgan fingerprint density at radius 1 is 1.29 bits per heavy atom. The molecule has 0 aliphatic heterocycles. The van der Waals surface area contributed by atoms with E-state index in [-0.39, 0.29) is 0 Å². The second-order valence-corrected chi connectivity index (χ2v) is 3.21. The van der Waals surface area contributed by atoms with Crippen LogP contribution in [-0.2, 0) is 6.42 Å². The summed E-state index contributed by atoms with van der Waals surface area (Å²) in [5, 5.41) is 13.6. The summed E-state index contributed by atoms with van der Waals surface area (Å²) in [4.78, 5) is 0. The average Bonchev–Trinajstić information content (AvgIpc) is 2.19. The highest BCUT2D eigenvalue weighted by Crippen LogP contribution is 2.12. The van der Waals surface area contributed by atoms with Gasteiger partial charge in [-0.05, 0) is 11.5 Å². The van der Waals surface area contributed by atoms with E-state index >= 15 is 0 Å². The highest BCUT2D eigenvalue weighted by molar-refractivity contribution is 5.80. The summed E-state index contributed by atoms with van der Waals surface area (Å²) in [5.41, 5.74) is 0.735. The Bertz CT molecular complexity index is 477. The van der Waals surface area contributed by atoms with Crippen molar-refractivity contribution >= 4 is 10.8 Å². The lowest BCUT2D eigenvalue weighted by Gasteiger charge is -2.04. The van der Waals surface area contributed by atoms with Crippen LogP contribution in [0.1, 0.15) is 5.69 Å². The normalized spacial score (nSPS) is 10.3. The molecular weight excluding hydrogens is 174 g/mol. The minimum absolute atomic E-state index is 0.605. The molecule has 0 radical (unpaired) electrons. The number of nitrogens with zero attached hydrogens (tertiary/aromatic N) is 1. The molecule has 70 valence electrons. The molecule has 2 aromatic rings. The maximum Gasteiger partial charge on any atom is 0.197 e. The highest BCUT2D eigenvalue weighted by Gasteiger charge is 2.04. The van der Waals surface area contributed by atoms with Gasteiger partial charge in [0.1, 0.15) is 0 Å². The van der Waals surface area contributed by atoms with E-state index in [2.05, 4.69) is 6.58 Å². The van der Waals surface area contributed by atoms with Crippen molar-refractivity contribution in [3.63, 3.8) is 0 Å². The Morgan fingerprint density at radius 3 is 2.71 bits per heavy atom. The highest BCUT2D eigenvalue weighted by atomic mass is 16.5. The molecule has 0 spiro atoms. The van der Waals surface area contributed by atoms with Gasteiger partial charge < -0.3 is 5.21 Å². The van der Waals surface area contributed by atoms with Crippen molar-refractivity contribution < 1.29 is 4.73 Å². The average molecular weight is 185 g/mol. The molecule has 14 heavy (non-hydrogen) atoms. The van der Waals surface area contributed by atoms with Crippen LogP contribution in [0.4, 0.5) is 0 Å². The third-order valence-corrected chi connectivity index (χ3v) is 2.21. The molecule has 2 rings (SSSR count). The lowest BCUT2D eigenvalue weighted by Crippen LogP contribution is -2.30. The number of hydrogen-bond acceptors (Lipinski definition) is 1. The molecule has 0 N–H and O–H groups in total. The first kappa shape index (κ1) is 8.75. The number of benzene rings is 1.